The standard InChI is InChI=1S/C24H25N3O/c28-24(25-23-14-6-12-21-11-4-5-13-22(21)23)27-18-16-26(17-19-27)15-7-10-20-8-2-1-3-9-20/h1-14H,15-19H2,(H,25,28)/b10-7+. The van der Waals surface area contributed by atoms with Crippen molar-refractivity contribution in [1.82, 2.24) is 9.80 Å². The highest BCUT2D eigenvalue weighted by Gasteiger charge is 2.20. The lowest BCUT2D eigenvalue weighted by Gasteiger charge is -2.34. The van der Waals surface area contributed by atoms with Gasteiger partial charge in [0.1, 0.15) is 0 Å². The summed E-state index contributed by atoms with van der Waals surface area (Å²) in [5.74, 6) is 0. The largest absolute Gasteiger partial charge is 0.322 e. The number of nitrogens with one attached hydrogen (secondary N) is 1. The van der Waals surface area contributed by atoms with Crippen molar-refractivity contribution in [3.05, 3.63) is 84.4 Å². The molecule has 4 heteroatoms. The molecule has 1 N–H and O–H groups in total. The number of piperazine rings is 1. The number of carbonyl (C=O) groups is 1. The van der Waals surface area contributed by atoms with Gasteiger partial charge in [-0.25, -0.2) is 4.79 Å². The molecule has 3 aromatic rings. The summed E-state index contributed by atoms with van der Waals surface area (Å²) in [6.07, 6.45) is 4.35. The second kappa shape index (κ2) is 8.72. The fourth-order valence-electron chi connectivity index (χ4n) is 3.56. The van der Waals surface area contributed by atoms with E-state index in [1.165, 1.54) is 5.56 Å². The van der Waals surface area contributed by atoms with Crippen molar-refractivity contribution >= 4 is 28.6 Å². The van der Waals surface area contributed by atoms with Crippen LogP contribution >= 0.6 is 0 Å². The van der Waals surface area contributed by atoms with Gasteiger partial charge in [0.05, 0.1) is 5.69 Å². The first-order valence-corrected chi connectivity index (χ1v) is 9.77. The Hall–Kier alpha value is -3.11. The molecule has 28 heavy (non-hydrogen) atoms. The third kappa shape index (κ3) is 4.41. The number of anilines is 1. The van der Waals surface area contributed by atoms with Crippen LogP contribution < -0.4 is 5.32 Å². The van der Waals surface area contributed by atoms with Gasteiger partial charge in [-0.2, -0.15) is 0 Å². The van der Waals surface area contributed by atoms with E-state index in [1.54, 1.807) is 0 Å². The molecule has 2 amide bonds. The summed E-state index contributed by atoms with van der Waals surface area (Å²) in [5, 5.41) is 5.30. The summed E-state index contributed by atoms with van der Waals surface area (Å²) in [4.78, 5) is 17.0. The van der Waals surface area contributed by atoms with Crippen molar-refractivity contribution in [2.75, 3.05) is 38.0 Å². The Kier molecular flexibility index (Phi) is 5.69. The molecule has 1 saturated heterocycles. The maximum absolute atomic E-state index is 12.7. The van der Waals surface area contributed by atoms with Crippen LogP contribution in [-0.2, 0) is 0 Å². The quantitative estimate of drug-likeness (QED) is 0.721. The van der Waals surface area contributed by atoms with Crippen LogP contribution in [0, 0.1) is 0 Å². The van der Waals surface area contributed by atoms with E-state index in [4.69, 9.17) is 0 Å². The van der Waals surface area contributed by atoms with E-state index in [2.05, 4.69) is 46.6 Å². The third-order valence-corrected chi connectivity index (χ3v) is 5.16. The predicted octanol–water partition coefficient (Wildman–Crippen LogP) is 4.70. The highest BCUT2D eigenvalue weighted by atomic mass is 16.2. The van der Waals surface area contributed by atoms with Crippen molar-refractivity contribution < 1.29 is 4.79 Å². The Morgan fingerprint density at radius 2 is 1.57 bits per heavy atom. The van der Waals surface area contributed by atoms with E-state index in [9.17, 15) is 4.79 Å². The number of nitrogens with zero attached hydrogens (tertiary/aromatic N) is 2. The van der Waals surface area contributed by atoms with Crippen LogP contribution in [0.1, 0.15) is 5.56 Å². The van der Waals surface area contributed by atoms with E-state index in [-0.39, 0.29) is 6.03 Å². The lowest BCUT2D eigenvalue weighted by Crippen LogP contribution is -2.49. The highest BCUT2D eigenvalue weighted by Crippen LogP contribution is 2.23. The van der Waals surface area contributed by atoms with Gasteiger partial charge in [-0.05, 0) is 17.0 Å². The van der Waals surface area contributed by atoms with Crippen LogP contribution in [0.2, 0.25) is 0 Å². The monoisotopic (exact) mass is 371 g/mol. The van der Waals surface area contributed by atoms with E-state index in [0.717, 1.165) is 49.2 Å². The molecular formula is C24H25N3O. The highest BCUT2D eigenvalue weighted by molar-refractivity contribution is 6.01. The van der Waals surface area contributed by atoms with Crippen molar-refractivity contribution in [3.8, 4) is 0 Å². The Morgan fingerprint density at radius 1 is 0.857 bits per heavy atom. The number of carbonyl (C=O) groups excluding carboxylic acids is 1. The summed E-state index contributed by atoms with van der Waals surface area (Å²) in [5.41, 5.74) is 2.09. The van der Waals surface area contributed by atoms with E-state index < -0.39 is 0 Å². The lowest BCUT2D eigenvalue weighted by molar-refractivity contribution is 0.156. The van der Waals surface area contributed by atoms with Gasteiger partial charge >= 0.3 is 6.03 Å². The third-order valence-electron chi connectivity index (χ3n) is 5.16. The van der Waals surface area contributed by atoms with Crippen LogP contribution in [-0.4, -0.2) is 48.6 Å². The minimum atomic E-state index is -0.0177. The maximum atomic E-state index is 12.7. The van der Waals surface area contributed by atoms with Gasteiger partial charge in [0.15, 0.2) is 0 Å². The van der Waals surface area contributed by atoms with Gasteiger partial charge in [-0.1, -0.05) is 78.9 Å². The zero-order valence-electron chi connectivity index (χ0n) is 15.9. The number of fused-ring (bicyclic) bond motifs is 1. The van der Waals surface area contributed by atoms with Crippen molar-refractivity contribution in [2.45, 2.75) is 0 Å². The van der Waals surface area contributed by atoms with Crippen LogP contribution in [0.3, 0.4) is 0 Å². The molecule has 0 radical (unpaired) electrons. The second-order valence-corrected chi connectivity index (χ2v) is 7.06. The van der Waals surface area contributed by atoms with Crippen molar-refractivity contribution in [2.24, 2.45) is 0 Å². The number of amides is 2. The molecule has 4 nitrogen and oxygen atoms in total. The summed E-state index contributed by atoms with van der Waals surface area (Å²) >= 11 is 0. The Bertz CT molecular complexity index is 955. The minimum absolute atomic E-state index is 0.0177. The summed E-state index contributed by atoms with van der Waals surface area (Å²) in [6, 6.07) is 24.4. The van der Waals surface area contributed by atoms with Crippen LogP contribution in [0.4, 0.5) is 10.5 Å². The summed E-state index contributed by atoms with van der Waals surface area (Å²) in [6.45, 7) is 4.18. The first kappa shape index (κ1) is 18.3. The van der Waals surface area contributed by atoms with E-state index in [0.29, 0.717) is 0 Å². The molecule has 4 rings (SSSR count). The summed E-state index contributed by atoms with van der Waals surface area (Å²) < 4.78 is 0. The molecular weight excluding hydrogens is 346 g/mol. The molecule has 0 spiro atoms. The number of hydrogen-bond donors (Lipinski definition) is 1. The molecule has 1 fully saturated rings. The Morgan fingerprint density at radius 3 is 2.39 bits per heavy atom. The van der Waals surface area contributed by atoms with Crippen LogP contribution in [0.15, 0.2) is 78.9 Å². The van der Waals surface area contributed by atoms with Gasteiger partial charge in [0, 0.05) is 38.1 Å². The van der Waals surface area contributed by atoms with Crippen LogP contribution in [0.5, 0.6) is 0 Å². The van der Waals surface area contributed by atoms with Crippen molar-refractivity contribution in [3.63, 3.8) is 0 Å². The molecule has 142 valence electrons. The number of benzene rings is 3. The molecule has 0 aliphatic carbocycles. The molecule has 0 bridgehead atoms. The molecule has 1 heterocycles. The molecule has 0 saturated carbocycles. The average Bonchev–Trinajstić information content (AvgIpc) is 2.75. The zero-order chi connectivity index (χ0) is 19.2. The van der Waals surface area contributed by atoms with Crippen molar-refractivity contribution in [1.29, 1.82) is 0 Å². The average molecular weight is 371 g/mol. The van der Waals surface area contributed by atoms with E-state index in [1.807, 2.05) is 53.4 Å². The van der Waals surface area contributed by atoms with Gasteiger partial charge in [0.2, 0.25) is 0 Å². The normalized spacial score (nSPS) is 15.2. The zero-order valence-corrected chi connectivity index (χ0v) is 15.9. The first-order chi connectivity index (χ1) is 13.8. The molecule has 0 aromatic heterocycles. The molecule has 1 aliphatic rings. The first-order valence-electron chi connectivity index (χ1n) is 9.77. The van der Waals surface area contributed by atoms with Gasteiger partial charge in [-0.3, -0.25) is 4.90 Å². The fourth-order valence-corrected chi connectivity index (χ4v) is 3.56. The van der Waals surface area contributed by atoms with Crippen LogP contribution in [0.25, 0.3) is 16.8 Å². The maximum Gasteiger partial charge on any atom is 0.321 e. The van der Waals surface area contributed by atoms with Gasteiger partial charge < -0.3 is 10.2 Å². The molecule has 0 unspecified atom stereocenters. The summed E-state index contributed by atoms with van der Waals surface area (Å²) in [7, 11) is 0. The van der Waals surface area contributed by atoms with Gasteiger partial charge in [0.25, 0.3) is 0 Å². The second-order valence-electron chi connectivity index (χ2n) is 7.06. The Balaban J connectivity index is 1.30. The number of hydrogen-bond acceptors (Lipinski definition) is 2. The number of urea groups is 1. The molecule has 0 atom stereocenters. The van der Waals surface area contributed by atoms with Gasteiger partial charge in [-0.15, -0.1) is 0 Å². The number of rotatable bonds is 4. The van der Waals surface area contributed by atoms with E-state index >= 15 is 0 Å². The lowest BCUT2D eigenvalue weighted by atomic mass is 10.1. The molecule has 3 aromatic carbocycles. The SMILES string of the molecule is O=C(Nc1cccc2ccccc12)N1CCN(C/C=C/c2ccccc2)CC1. The molecule has 1 aliphatic heterocycles. The minimum Gasteiger partial charge on any atom is -0.322 e. The Labute approximate surface area is 166 Å². The fraction of sp³-hybridized carbons (Fsp3) is 0.208. The topological polar surface area (TPSA) is 35.6 Å². The smallest absolute Gasteiger partial charge is 0.321 e. The predicted molar refractivity (Wildman–Crippen MR) is 116 cm³/mol.